The van der Waals surface area contributed by atoms with Crippen molar-refractivity contribution in [3.8, 4) is 0 Å². The number of hydrogen-bond acceptors (Lipinski definition) is 7. The van der Waals surface area contributed by atoms with Gasteiger partial charge in [0, 0.05) is 107 Å². The normalized spacial score (nSPS) is 18.9. The molecule has 0 radical (unpaired) electrons. The molecule has 0 fully saturated rings. The van der Waals surface area contributed by atoms with Crippen LogP contribution in [0.4, 0.5) is 0 Å². The zero-order chi connectivity index (χ0) is 35.4. The zero-order valence-electron chi connectivity index (χ0n) is 32.1. The molecule has 3 aliphatic rings. The van der Waals surface area contributed by atoms with Gasteiger partial charge in [-0.3, -0.25) is 9.98 Å². The van der Waals surface area contributed by atoms with Gasteiger partial charge in [0.1, 0.15) is 0 Å². The van der Waals surface area contributed by atoms with Crippen LogP contribution in [0.5, 0.6) is 0 Å². The molecular formula is C40H52N4Na2O5. The molecule has 11 heteroatoms. The average Bonchev–Trinajstić information content (AvgIpc) is 3.71. The second-order valence-electron chi connectivity index (χ2n) is 14.1. The summed E-state index contributed by atoms with van der Waals surface area (Å²) in [6.45, 7) is 17.7. The number of carboxylic acids is 2. The topological polar surface area (TPSA) is 146 Å². The Labute approximate surface area is 347 Å². The fourth-order valence-electron chi connectivity index (χ4n) is 7.96. The van der Waals surface area contributed by atoms with Crippen LogP contribution in [0, 0.1) is 25.7 Å². The van der Waals surface area contributed by atoms with Gasteiger partial charge in [0.2, 0.25) is 0 Å². The number of aliphatic imine (C=N–C) groups is 2. The van der Waals surface area contributed by atoms with E-state index < -0.39 is 11.9 Å². The fraction of sp³-hybridized carbons (Fsp3) is 0.550. The van der Waals surface area contributed by atoms with Crippen LogP contribution in [0.25, 0.3) is 0 Å². The Kier molecular flexibility index (Phi) is 16.5. The van der Waals surface area contributed by atoms with E-state index in [4.69, 9.17) is 14.7 Å². The van der Waals surface area contributed by atoms with Gasteiger partial charge in [-0.1, -0.05) is 39.2 Å². The summed E-state index contributed by atoms with van der Waals surface area (Å²) in [4.78, 5) is 41.0. The van der Waals surface area contributed by atoms with Crippen molar-refractivity contribution in [2.45, 2.75) is 125 Å². The number of rotatable bonds is 14. The van der Waals surface area contributed by atoms with Gasteiger partial charge in [-0.25, -0.2) is 0 Å². The number of nitrogens with zero attached hydrogens (tertiary/aromatic N) is 2. The maximum Gasteiger partial charge on any atom is 1.00 e. The summed E-state index contributed by atoms with van der Waals surface area (Å²) in [5.41, 5.74) is 14.4. The van der Waals surface area contributed by atoms with Crippen molar-refractivity contribution in [3.63, 3.8) is 0 Å². The number of carboxylic acid groups (broad SMARTS) is 2. The molecule has 5 heterocycles. The average molecular weight is 715 g/mol. The molecule has 3 aliphatic heterocycles. The minimum atomic E-state index is -1.09. The largest absolute Gasteiger partial charge is 1.00 e. The molecule has 0 saturated heterocycles. The van der Waals surface area contributed by atoms with E-state index in [0.717, 1.165) is 80.7 Å². The summed E-state index contributed by atoms with van der Waals surface area (Å²) in [5, 5.41) is 23.1. The van der Waals surface area contributed by atoms with E-state index in [1.807, 2.05) is 13.0 Å². The number of aromatic amines is 2. The van der Waals surface area contributed by atoms with Gasteiger partial charge < -0.3 is 34.5 Å². The van der Waals surface area contributed by atoms with Crippen molar-refractivity contribution >= 4 is 23.4 Å². The van der Waals surface area contributed by atoms with E-state index in [1.165, 1.54) is 24.0 Å². The Balaban J connectivity index is 0.00000351. The molecule has 2 N–H and O–H groups in total. The van der Waals surface area contributed by atoms with Gasteiger partial charge in [-0.05, 0) is 87.6 Å². The van der Waals surface area contributed by atoms with Crippen LogP contribution in [0.2, 0.25) is 0 Å². The van der Waals surface area contributed by atoms with Crippen LogP contribution >= 0.6 is 0 Å². The molecule has 264 valence electrons. The molecule has 0 aromatic carbocycles. The number of carbonyl (C=O) groups excluding carboxylic acids is 2. The van der Waals surface area contributed by atoms with Crippen molar-refractivity contribution in [2.24, 2.45) is 21.8 Å². The first-order valence-electron chi connectivity index (χ1n) is 18.0. The zero-order valence-corrected chi connectivity index (χ0v) is 36.1. The third-order valence-corrected chi connectivity index (χ3v) is 10.9. The molecular weight excluding hydrogens is 662 g/mol. The van der Waals surface area contributed by atoms with Crippen LogP contribution in [-0.4, -0.2) is 39.9 Å². The predicted octanol–water partition coefficient (Wildman–Crippen LogP) is -0.402. The number of nitrogens with one attached hydrogen (secondary N) is 2. The Morgan fingerprint density at radius 1 is 0.863 bits per heavy atom. The molecule has 5 rings (SSSR count). The van der Waals surface area contributed by atoms with Gasteiger partial charge in [0.25, 0.3) is 0 Å². The number of aliphatic carboxylic acids is 2. The van der Waals surface area contributed by atoms with Gasteiger partial charge in [-0.15, -0.1) is 6.58 Å². The van der Waals surface area contributed by atoms with Gasteiger partial charge >= 0.3 is 59.1 Å². The van der Waals surface area contributed by atoms with Crippen molar-refractivity contribution in [1.82, 2.24) is 9.97 Å². The molecule has 9 nitrogen and oxygen atoms in total. The maximum atomic E-state index is 11.6. The second-order valence-corrected chi connectivity index (χ2v) is 14.1. The number of hydrogen-bond donors (Lipinski definition) is 2. The monoisotopic (exact) mass is 714 g/mol. The molecule has 51 heavy (non-hydrogen) atoms. The van der Waals surface area contributed by atoms with E-state index >= 15 is 0 Å². The van der Waals surface area contributed by atoms with Crippen LogP contribution in [0.1, 0.15) is 124 Å². The minimum Gasteiger partial charge on any atom is -0.550 e. The van der Waals surface area contributed by atoms with E-state index in [9.17, 15) is 19.8 Å². The Morgan fingerprint density at radius 2 is 1.47 bits per heavy atom. The Hall–Kier alpha value is -1.98. The van der Waals surface area contributed by atoms with E-state index in [0.29, 0.717) is 45.1 Å². The number of carbonyl (C=O) groups is 2. The first-order valence-corrected chi connectivity index (χ1v) is 18.0. The second kappa shape index (κ2) is 19.4. The third kappa shape index (κ3) is 9.97. The van der Waals surface area contributed by atoms with E-state index in [-0.39, 0.29) is 89.9 Å². The molecule has 0 spiro atoms. The first kappa shape index (κ1) is 43.4. The minimum absolute atomic E-state index is 0. The molecule has 2 aromatic rings. The molecule has 0 aliphatic carbocycles. The van der Waals surface area contributed by atoms with E-state index in [2.05, 4.69) is 51.2 Å². The fourth-order valence-corrected chi connectivity index (χ4v) is 7.96. The smallest absolute Gasteiger partial charge is 0.550 e. The number of H-pyrrole nitrogens is 2. The Bertz CT molecular complexity index is 1740. The molecule has 3 atom stereocenters. The summed E-state index contributed by atoms with van der Waals surface area (Å²) in [5.74, 6) is -2.23. The van der Waals surface area contributed by atoms with Gasteiger partial charge in [-0.2, -0.15) is 0 Å². The van der Waals surface area contributed by atoms with Crippen LogP contribution < -0.4 is 69.3 Å². The van der Waals surface area contributed by atoms with E-state index in [1.54, 1.807) is 0 Å². The molecule has 2 aromatic heterocycles. The molecule has 8 bridgehead atoms. The summed E-state index contributed by atoms with van der Waals surface area (Å²) in [6.07, 6.45) is 9.20. The van der Waals surface area contributed by atoms with Crippen LogP contribution in [0.3, 0.4) is 0 Å². The summed E-state index contributed by atoms with van der Waals surface area (Å²) < 4.78 is 6.45. The standard InChI is InChI=1S/C40H54N4O5.2Na/c1-8-10-11-12-17-49-26(7)40-25(6)33-18-30-23(4)28(13-15-38(45)46)35(42-30)21-36-29(14-16-39(47)48)24(5)31(43-36)19-34-27(9-2)22(3)32(41-34)20-37(40)44-33;;/h9,23,26-27,43-44H,2,8,10-21H2,1,3-7H3,(H,45,46)(H,47,48);;/q;2*+1/p-2. The van der Waals surface area contributed by atoms with Crippen molar-refractivity contribution < 1.29 is 83.7 Å². The number of aromatic nitrogens is 2. The molecule has 0 amide bonds. The van der Waals surface area contributed by atoms with Gasteiger partial charge in [0.05, 0.1) is 6.10 Å². The SMILES string of the molecule is C=CC1C2=NC(=C1C)Cc1[nH]c(c(C)c1C(C)OCCCCCC)CC1=NC(=C(CCC(=O)[O-])C1C)Cc1[nH]c(c(C)c1CCC(=O)[O-])C2.[Na+].[Na+]. The maximum absolute atomic E-state index is 11.6. The number of ether oxygens (including phenoxy) is 1. The van der Waals surface area contributed by atoms with Crippen LogP contribution in [-0.2, 0) is 46.4 Å². The third-order valence-electron chi connectivity index (χ3n) is 10.9. The first-order chi connectivity index (χ1) is 23.4. The van der Waals surface area contributed by atoms with Crippen molar-refractivity contribution in [1.29, 1.82) is 0 Å². The Morgan fingerprint density at radius 3 is 2.14 bits per heavy atom. The van der Waals surface area contributed by atoms with Crippen molar-refractivity contribution in [3.05, 3.63) is 80.2 Å². The van der Waals surface area contributed by atoms with Crippen molar-refractivity contribution in [2.75, 3.05) is 6.61 Å². The molecule has 0 saturated carbocycles. The van der Waals surface area contributed by atoms with Crippen LogP contribution in [0.15, 0.2) is 45.2 Å². The quantitative estimate of drug-likeness (QED) is 0.156. The number of allylic oxidation sites excluding steroid dienone is 5. The predicted molar refractivity (Wildman–Crippen MR) is 189 cm³/mol. The van der Waals surface area contributed by atoms with Gasteiger partial charge in [0.15, 0.2) is 0 Å². The summed E-state index contributed by atoms with van der Waals surface area (Å²) in [7, 11) is 0. The summed E-state index contributed by atoms with van der Waals surface area (Å²) in [6, 6.07) is 0. The number of fused-ring (bicyclic) bond motifs is 6. The summed E-state index contributed by atoms with van der Waals surface area (Å²) >= 11 is 0. The number of unbranched alkanes of at least 4 members (excludes halogenated alkanes) is 3. The molecule has 3 unspecified atom stereocenters.